The van der Waals surface area contributed by atoms with Crippen LogP contribution in [0.1, 0.15) is 29.8 Å². The van der Waals surface area contributed by atoms with E-state index in [2.05, 4.69) is 55.6 Å². The van der Waals surface area contributed by atoms with Crippen molar-refractivity contribution in [2.45, 2.75) is 38.4 Å². The summed E-state index contributed by atoms with van der Waals surface area (Å²) >= 11 is 1.77. The van der Waals surface area contributed by atoms with Crippen molar-refractivity contribution in [1.82, 2.24) is 25.0 Å². The van der Waals surface area contributed by atoms with Crippen molar-refractivity contribution < 1.29 is 0 Å². The van der Waals surface area contributed by atoms with Crippen LogP contribution in [0.15, 0.2) is 36.0 Å². The molecular weight excluding hydrogens is 342 g/mol. The van der Waals surface area contributed by atoms with Gasteiger partial charge in [0.25, 0.3) is 0 Å². The van der Waals surface area contributed by atoms with Crippen LogP contribution in [0.25, 0.3) is 10.9 Å². The summed E-state index contributed by atoms with van der Waals surface area (Å²) in [6.45, 7) is 4.42. The van der Waals surface area contributed by atoms with E-state index in [0.29, 0.717) is 5.41 Å². The maximum atomic E-state index is 4.44. The molecule has 1 aliphatic heterocycles. The van der Waals surface area contributed by atoms with Crippen molar-refractivity contribution >= 4 is 22.2 Å². The Morgan fingerprint density at radius 3 is 3.04 bits per heavy atom. The minimum absolute atomic E-state index is 0.558. The zero-order chi connectivity index (χ0) is 17.6. The summed E-state index contributed by atoms with van der Waals surface area (Å²) in [4.78, 5) is 9.58. The molecule has 1 aromatic carbocycles. The molecule has 5 nitrogen and oxygen atoms in total. The first kappa shape index (κ1) is 16.4. The Balaban J connectivity index is 1.19. The molecule has 3 aromatic rings. The Bertz CT molecular complexity index is 879. The standard InChI is InChI=1S/C20H25N5S/c1-24(14-18-21-7-10-26-18)17-11-20(17)5-8-25(9-6-20)13-16-4-2-3-15-12-22-23-19(15)16/h2-4,7,10,12,17H,5-6,8-9,11,13-14H2,1H3,(H,22,23)/t17-/m0/s1. The van der Waals surface area contributed by atoms with Crippen molar-refractivity contribution in [3.05, 3.63) is 46.5 Å². The van der Waals surface area contributed by atoms with Gasteiger partial charge in [0.2, 0.25) is 0 Å². The number of hydrogen-bond acceptors (Lipinski definition) is 5. The van der Waals surface area contributed by atoms with Crippen LogP contribution in [0.4, 0.5) is 0 Å². The monoisotopic (exact) mass is 367 g/mol. The van der Waals surface area contributed by atoms with Crippen LogP contribution in [0.2, 0.25) is 0 Å². The Hall–Kier alpha value is -1.76. The van der Waals surface area contributed by atoms with Gasteiger partial charge in [-0.2, -0.15) is 5.10 Å². The summed E-state index contributed by atoms with van der Waals surface area (Å²) < 4.78 is 0. The number of rotatable bonds is 5. The number of thiazole rings is 1. The third kappa shape index (κ3) is 2.96. The van der Waals surface area contributed by atoms with Gasteiger partial charge in [0.05, 0.1) is 18.3 Å². The average molecular weight is 368 g/mol. The highest BCUT2D eigenvalue weighted by Crippen LogP contribution is 2.56. The summed E-state index contributed by atoms with van der Waals surface area (Å²) in [7, 11) is 2.27. The zero-order valence-corrected chi connectivity index (χ0v) is 16.0. The molecule has 1 aliphatic carbocycles. The molecule has 0 radical (unpaired) electrons. The number of hydrogen-bond donors (Lipinski definition) is 1. The Morgan fingerprint density at radius 2 is 2.23 bits per heavy atom. The second kappa shape index (κ2) is 6.44. The Kier molecular flexibility index (Phi) is 4.07. The van der Waals surface area contributed by atoms with E-state index in [1.807, 2.05) is 12.4 Å². The largest absolute Gasteiger partial charge is 0.299 e. The second-order valence-corrected chi connectivity index (χ2v) is 8.93. The van der Waals surface area contributed by atoms with Crippen molar-refractivity contribution in [3.8, 4) is 0 Å². The van der Waals surface area contributed by atoms with Crippen LogP contribution < -0.4 is 0 Å². The number of nitrogens with one attached hydrogen (secondary N) is 1. The lowest BCUT2D eigenvalue weighted by Gasteiger charge is -2.34. The number of para-hydroxylation sites is 1. The van der Waals surface area contributed by atoms with Gasteiger partial charge in [0, 0.05) is 29.5 Å². The van der Waals surface area contributed by atoms with Crippen LogP contribution in [0.3, 0.4) is 0 Å². The summed E-state index contributed by atoms with van der Waals surface area (Å²) in [5.74, 6) is 0. The lowest BCUT2D eigenvalue weighted by molar-refractivity contribution is 0.140. The summed E-state index contributed by atoms with van der Waals surface area (Å²) in [6.07, 6.45) is 7.82. The highest BCUT2D eigenvalue weighted by atomic mass is 32.1. The van der Waals surface area contributed by atoms with Crippen LogP contribution in [-0.4, -0.2) is 51.2 Å². The van der Waals surface area contributed by atoms with Crippen molar-refractivity contribution in [3.63, 3.8) is 0 Å². The van der Waals surface area contributed by atoms with E-state index >= 15 is 0 Å². The maximum absolute atomic E-state index is 4.44. The first-order chi connectivity index (χ1) is 12.7. The molecule has 6 heteroatoms. The molecule has 1 N–H and O–H groups in total. The number of H-pyrrole nitrogens is 1. The van der Waals surface area contributed by atoms with E-state index in [9.17, 15) is 0 Å². The Labute approximate surface area is 158 Å². The first-order valence-corrected chi connectivity index (χ1v) is 10.3. The molecular formula is C20H25N5S. The SMILES string of the molecule is CN(Cc1nccs1)[C@H]1CC12CCN(Cc1cccc3cn[nH]c13)CC2. The summed E-state index contributed by atoms with van der Waals surface area (Å²) in [5.41, 5.74) is 3.12. The topological polar surface area (TPSA) is 48.1 Å². The molecule has 0 unspecified atom stereocenters. The highest BCUT2D eigenvalue weighted by molar-refractivity contribution is 7.09. The zero-order valence-electron chi connectivity index (χ0n) is 15.2. The molecule has 26 heavy (non-hydrogen) atoms. The second-order valence-electron chi connectivity index (χ2n) is 7.95. The number of aromatic nitrogens is 3. The lowest BCUT2D eigenvalue weighted by atomic mass is 9.92. The molecule has 2 fully saturated rings. The third-order valence-electron chi connectivity index (χ3n) is 6.36. The molecule has 2 aliphatic rings. The van der Waals surface area contributed by atoms with Gasteiger partial charge in [-0.1, -0.05) is 18.2 Å². The maximum Gasteiger partial charge on any atom is 0.107 e. The molecule has 0 amide bonds. The fourth-order valence-electron chi connectivity index (χ4n) is 4.70. The van der Waals surface area contributed by atoms with Gasteiger partial charge in [-0.15, -0.1) is 11.3 Å². The van der Waals surface area contributed by atoms with E-state index < -0.39 is 0 Å². The number of nitrogens with zero attached hydrogens (tertiary/aromatic N) is 4. The van der Waals surface area contributed by atoms with Gasteiger partial charge in [0.15, 0.2) is 0 Å². The van der Waals surface area contributed by atoms with Gasteiger partial charge in [-0.05, 0) is 50.4 Å². The minimum Gasteiger partial charge on any atom is -0.299 e. The number of aromatic amines is 1. The van der Waals surface area contributed by atoms with Crippen LogP contribution in [0, 0.1) is 5.41 Å². The molecule has 5 rings (SSSR count). The molecule has 0 bridgehead atoms. The van der Waals surface area contributed by atoms with Gasteiger partial charge in [0.1, 0.15) is 5.01 Å². The Morgan fingerprint density at radius 1 is 1.35 bits per heavy atom. The van der Waals surface area contributed by atoms with Gasteiger partial charge in [-0.3, -0.25) is 14.9 Å². The number of likely N-dealkylation sites (tertiary alicyclic amines) is 1. The van der Waals surface area contributed by atoms with Crippen LogP contribution in [-0.2, 0) is 13.1 Å². The quantitative estimate of drug-likeness (QED) is 0.750. The van der Waals surface area contributed by atoms with E-state index in [4.69, 9.17) is 0 Å². The molecule has 2 aromatic heterocycles. The minimum atomic E-state index is 0.558. The number of fused-ring (bicyclic) bond motifs is 1. The summed E-state index contributed by atoms with van der Waals surface area (Å²) in [6, 6.07) is 7.24. The van der Waals surface area contributed by atoms with Gasteiger partial charge < -0.3 is 0 Å². The third-order valence-corrected chi connectivity index (χ3v) is 7.12. The van der Waals surface area contributed by atoms with Crippen molar-refractivity contribution in [2.75, 3.05) is 20.1 Å². The van der Waals surface area contributed by atoms with Gasteiger partial charge in [-0.25, -0.2) is 4.98 Å². The smallest absolute Gasteiger partial charge is 0.107 e. The van der Waals surface area contributed by atoms with Crippen molar-refractivity contribution in [1.29, 1.82) is 0 Å². The average Bonchev–Trinajstić information content (AvgIpc) is 3.03. The fourth-order valence-corrected chi connectivity index (χ4v) is 5.38. The predicted octanol–water partition coefficient (Wildman–Crippen LogP) is 3.51. The molecule has 1 atom stereocenters. The number of piperidine rings is 1. The molecule has 136 valence electrons. The first-order valence-electron chi connectivity index (χ1n) is 9.45. The number of benzene rings is 1. The van der Waals surface area contributed by atoms with Crippen molar-refractivity contribution in [2.24, 2.45) is 5.41 Å². The van der Waals surface area contributed by atoms with E-state index in [-0.39, 0.29) is 0 Å². The molecule has 1 saturated carbocycles. The highest BCUT2D eigenvalue weighted by Gasteiger charge is 2.56. The van der Waals surface area contributed by atoms with E-state index in [0.717, 1.165) is 19.1 Å². The normalized spacial score (nSPS) is 22.5. The van der Waals surface area contributed by atoms with Crippen LogP contribution in [0.5, 0.6) is 0 Å². The molecule has 3 heterocycles. The molecule has 1 spiro atoms. The fraction of sp³-hybridized carbons (Fsp3) is 0.500. The molecule has 1 saturated heterocycles. The predicted molar refractivity (Wildman–Crippen MR) is 105 cm³/mol. The van der Waals surface area contributed by atoms with E-state index in [1.54, 1.807) is 11.3 Å². The van der Waals surface area contributed by atoms with Gasteiger partial charge >= 0.3 is 0 Å². The van der Waals surface area contributed by atoms with E-state index in [1.165, 1.54) is 53.8 Å². The van der Waals surface area contributed by atoms with Crippen LogP contribution >= 0.6 is 11.3 Å². The lowest BCUT2D eigenvalue weighted by Crippen LogP contribution is -2.37. The summed E-state index contributed by atoms with van der Waals surface area (Å²) in [5, 5.41) is 11.9.